The van der Waals surface area contributed by atoms with Crippen LogP contribution < -0.4 is 22.1 Å². The van der Waals surface area contributed by atoms with Crippen LogP contribution in [0.15, 0.2) is 6.20 Å². The SMILES string of the molecule is Nc1ncc(-c2nc(NC3CCCCC3N)c(F)c3c2C(=O)NC3)s1. The summed E-state index contributed by atoms with van der Waals surface area (Å²) in [6.07, 6.45) is 5.48. The van der Waals surface area contributed by atoms with Gasteiger partial charge in [-0.15, -0.1) is 0 Å². The minimum Gasteiger partial charge on any atom is -0.375 e. The molecule has 2 aromatic rings. The lowest BCUT2D eigenvalue weighted by atomic mass is 9.91. The predicted molar refractivity (Wildman–Crippen MR) is 94.7 cm³/mol. The van der Waals surface area contributed by atoms with Crippen molar-refractivity contribution < 1.29 is 9.18 Å². The number of thiazole rings is 1. The lowest BCUT2D eigenvalue weighted by molar-refractivity contribution is 0.0966. The van der Waals surface area contributed by atoms with E-state index < -0.39 is 5.82 Å². The molecule has 1 aliphatic carbocycles. The number of nitrogens with two attached hydrogens (primary N) is 2. The standard InChI is InChI=1S/C16H19FN6OS/c17-12-7-5-20-15(24)11(7)13(10-6-21-16(19)25-10)23-14(12)22-9-4-2-1-3-8(9)18/h6,8-9H,1-5,18H2,(H2,19,21)(H,20,24)(H,22,23). The highest BCUT2D eigenvalue weighted by Crippen LogP contribution is 2.36. The second-order valence-corrected chi connectivity index (χ2v) is 7.48. The molecule has 0 bridgehead atoms. The molecular formula is C16H19FN6OS. The van der Waals surface area contributed by atoms with Crippen molar-refractivity contribution in [2.24, 2.45) is 5.73 Å². The first kappa shape index (κ1) is 16.2. The zero-order chi connectivity index (χ0) is 17.6. The fraction of sp³-hybridized carbons (Fsp3) is 0.438. The first-order chi connectivity index (χ1) is 12.0. The molecule has 0 radical (unpaired) electrons. The van der Waals surface area contributed by atoms with E-state index in [1.165, 1.54) is 11.3 Å². The van der Waals surface area contributed by atoms with Gasteiger partial charge in [0.1, 0.15) is 0 Å². The minimum atomic E-state index is -0.493. The van der Waals surface area contributed by atoms with Crippen LogP contribution in [-0.4, -0.2) is 28.0 Å². The molecule has 1 fully saturated rings. The normalized spacial score (nSPS) is 22.6. The summed E-state index contributed by atoms with van der Waals surface area (Å²) in [4.78, 5) is 21.2. The minimum absolute atomic E-state index is 0.0294. The molecule has 2 aliphatic rings. The predicted octanol–water partition coefficient (Wildman–Crippen LogP) is 1.85. The van der Waals surface area contributed by atoms with E-state index in [1.54, 1.807) is 6.20 Å². The van der Waals surface area contributed by atoms with E-state index in [-0.39, 0.29) is 35.9 Å². The largest absolute Gasteiger partial charge is 0.375 e. The summed E-state index contributed by atoms with van der Waals surface area (Å²) in [5, 5.41) is 6.20. The van der Waals surface area contributed by atoms with Gasteiger partial charge in [0.15, 0.2) is 16.8 Å². The van der Waals surface area contributed by atoms with E-state index >= 15 is 0 Å². The molecule has 0 aromatic carbocycles. The number of rotatable bonds is 3. The molecule has 0 spiro atoms. The molecule has 3 heterocycles. The van der Waals surface area contributed by atoms with Crippen molar-refractivity contribution >= 4 is 28.2 Å². The first-order valence-corrected chi connectivity index (χ1v) is 9.10. The number of amides is 1. The number of nitrogen functional groups attached to an aromatic ring is 1. The summed E-state index contributed by atoms with van der Waals surface area (Å²) in [6.45, 7) is 0.148. The summed E-state index contributed by atoms with van der Waals surface area (Å²) < 4.78 is 14.9. The van der Waals surface area contributed by atoms with E-state index in [0.29, 0.717) is 21.3 Å². The Morgan fingerprint density at radius 3 is 2.88 bits per heavy atom. The van der Waals surface area contributed by atoms with Crippen molar-refractivity contribution in [3.8, 4) is 10.6 Å². The number of carbonyl (C=O) groups excluding carboxylic acids is 1. The van der Waals surface area contributed by atoms with E-state index in [4.69, 9.17) is 11.5 Å². The number of hydrogen-bond donors (Lipinski definition) is 4. The summed E-state index contributed by atoms with van der Waals surface area (Å²) in [7, 11) is 0. The third kappa shape index (κ3) is 2.83. The van der Waals surface area contributed by atoms with Crippen molar-refractivity contribution in [3.63, 3.8) is 0 Å². The molecule has 2 unspecified atom stereocenters. The van der Waals surface area contributed by atoms with Gasteiger partial charge < -0.3 is 22.1 Å². The molecule has 1 aliphatic heterocycles. The van der Waals surface area contributed by atoms with Gasteiger partial charge in [-0.3, -0.25) is 4.79 Å². The van der Waals surface area contributed by atoms with Crippen molar-refractivity contribution in [2.45, 2.75) is 44.3 Å². The average Bonchev–Trinajstić information content (AvgIpc) is 3.19. The molecule has 2 atom stereocenters. The molecular weight excluding hydrogens is 343 g/mol. The topological polar surface area (TPSA) is 119 Å². The van der Waals surface area contributed by atoms with Gasteiger partial charge in [-0.05, 0) is 12.8 Å². The highest BCUT2D eigenvalue weighted by molar-refractivity contribution is 7.18. The van der Waals surface area contributed by atoms with Gasteiger partial charge >= 0.3 is 0 Å². The number of nitrogens with zero attached hydrogens (tertiary/aromatic N) is 2. The van der Waals surface area contributed by atoms with Crippen LogP contribution in [0.1, 0.15) is 41.6 Å². The number of carbonyl (C=O) groups is 1. The second-order valence-electron chi connectivity index (χ2n) is 6.42. The van der Waals surface area contributed by atoms with Crippen LogP contribution in [0.25, 0.3) is 10.6 Å². The van der Waals surface area contributed by atoms with Crippen LogP contribution in [0, 0.1) is 5.82 Å². The van der Waals surface area contributed by atoms with Gasteiger partial charge in [0.2, 0.25) is 0 Å². The van der Waals surface area contributed by atoms with Gasteiger partial charge in [0.25, 0.3) is 5.91 Å². The summed E-state index contributed by atoms with van der Waals surface area (Å²) >= 11 is 1.22. The lowest BCUT2D eigenvalue weighted by Crippen LogP contribution is -2.43. The summed E-state index contributed by atoms with van der Waals surface area (Å²) in [5.41, 5.74) is 12.9. The Morgan fingerprint density at radius 1 is 1.36 bits per heavy atom. The van der Waals surface area contributed by atoms with Crippen molar-refractivity contribution in [2.75, 3.05) is 11.1 Å². The monoisotopic (exact) mass is 362 g/mol. The number of anilines is 2. The number of pyridine rings is 1. The molecule has 0 saturated heterocycles. The number of aromatic nitrogens is 2. The summed E-state index contributed by atoms with van der Waals surface area (Å²) in [6, 6.07) is -0.0660. The zero-order valence-electron chi connectivity index (χ0n) is 13.5. The van der Waals surface area contributed by atoms with Gasteiger partial charge in [0, 0.05) is 30.4 Å². The maximum atomic E-state index is 14.9. The molecule has 2 aromatic heterocycles. The van der Waals surface area contributed by atoms with Crippen LogP contribution in [0.2, 0.25) is 0 Å². The molecule has 6 N–H and O–H groups in total. The van der Waals surface area contributed by atoms with Crippen LogP contribution in [-0.2, 0) is 6.54 Å². The molecule has 25 heavy (non-hydrogen) atoms. The molecule has 1 saturated carbocycles. The van der Waals surface area contributed by atoms with Crippen molar-refractivity contribution in [3.05, 3.63) is 23.1 Å². The number of nitrogens with one attached hydrogen (secondary N) is 2. The average molecular weight is 362 g/mol. The highest BCUT2D eigenvalue weighted by atomic mass is 32.1. The first-order valence-electron chi connectivity index (χ1n) is 8.29. The lowest BCUT2D eigenvalue weighted by Gasteiger charge is -2.30. The Bertz CT molecular complexity index is 838. The highest BCUT2D eigenvalue weighted by Gasteiger charge is 2.32. The maximum Gasteiger partial charge on any atom is 0.254 e. The smallest absolute Gasteiger partial charge is 0.254 e. The van der Waals surface area contributed by atoms with Crippen molar-refractivity contribution in [1.82, 2.24) is 15.3 Å². The van der Waals surface area contributed by atoms with Crippen LogP contribution in [0.3, 0.4) is 0 Å². The quantitative estimate of drug-likeness (QED) is 0.662. The van der Waals surface area contributed by atoms with E-state index in [1.807, 2.05) is 0 Å². The Kier molecular flexibility index (Phi) is 4.04. The van der Waals surface area contributed by atoms with Crippen molar-refractivity contribution in [1.29, 1.82) is 0 Å². The molecule has 1 amide bonds. The third-order valence-corrected chi connectivity index (χ3v) is 5.62. The number of fused-ring (bicyclic) bond motifs is 1. The number of hydrogen-bond acceptors (Lipinski definition) is 7. The van der Waals surface area contributed by atoms with E-state index in [2.05, 4.69) is 20.6 Å². The number of halogens is 1. The molecule has 7 nitrogen and oxygen atoms in total. The van der Waals surface area contributed by atoms with Gasteiger partial charge in [-0.25, -0.2) is 14.4 Å². The van der Waals surface area contributed by atoms with Crippen LogP contribution >= 0.6 is 11.3 Å². The molecule has 4 rings (SSSR count). The maximum absolute atomic E-state index is 14.9. The Hall–Kier alpha value is -2.26. The van der Waals surface area contributed by atoms with E-state index in [9.17, 15) is 9.18 Å². The third-order valence-electron chi connectivity index (χ3n) is 4.79. The summed E-state index contributed by atoms with van der Waals surface area (Å²) in [5.74, 6) is -0.684. The van der Waals surface area contributed by atoms with Gasteiger partial charge in [-0.2, -0.15) is 0 Å². The van der Waals surface area contributed by atoms with Crippen LogP contribution in [0.4, 0.5) is 15.3 Å². The Labute approximate surface area is 148 Å². The molecule has 132 valence electrons. The Morgan fingerprint density at radius 2 is 2.16 bits per heavy atom. The zero-order valence-corrected chi connectivity index (χ0v) is 14.3. The van der Waals surface area contributed by atoms with Gasteiger partial charge in [-0.1, -0.05) is 24.2 Å². The fourth-order valence-electron chi connectivity index (χ4n) is 3.47. The molecule has 9 heteroatoms. The van der Waals surface area contributed by atoms with E-state index in [0.717, 1.165) is 25.7 Å². The fourth-order valence-corrected chi connectivity index (χ4v) is 4.15. The Balaban J connectivity index is 1.79. The van der Waals surface area contributed by atoms with Gasteiger partial charge in [0.05, 0.1) is 16.1 Å². The second kappa shape index (κ2) is 6.23. The van der Waals surface area contributed by atoms with Crippen LogP contribution in [0.5, 0.6) is 0 Å².